The Morgan fingerprint density at radius 2 is 1.95 bits per heavy atom. The van der Waals surface area contributed by atoms with E-state index in [4.69, 9.17) is 4.74 Å². The molecule has 1 saturated carbocycles. The predicted molar refractivity (Wildman–Crippen MR) is 82.6 cm³/mol. The Labute approximate surface area is 130 Å². The fraction of sp³-hybridized carbons (Fsp3) is 0.529. The Morgan fingerprint density at radius 1 is 1.32 bits per heavy atom. The zero-order valence-corrected chi connectivity index (χ0v) is 13.3. The molecule has 2 atom stereocenters. The van der Waals surface area contributed by atoms with Gasteiger partial charge in [-0.3, -0.25) is 0 Å². The second-order valence-electron chi connectivity index (χ2n) is 6.83. The number of hydrogen-bond acceptors (Lipinski definition) is 3. The van der Waals surface area contributed by atoms with Crippen molar-refractivity contribution < 1.29 is 19.4 Å². The van der Waals surface area contributed by atoms with Crippen molar-refractivity contribution in [2.24, 2.45) is 5.92 Å². The monoisotopic (exact) mass is 305 g/mol. The maximum absolute atomic E-state index is 12.0. The lowest BCUT2D eigenvalue weighted by Crippen LogP contribution is -2.66. The third-order valence-electron chi connectivity index (χ3n) is 4.01. The van der Waals surface area contributed by atoms with Gasteiger partial charge in [0.25, 0.3) is 0 Å². The molecule has 1 aliphatic carbocycles. The number of hydrogen-bond donors (Lipinski definition) is 2. The highest BCUT2D eigenvalue weighted by Gasteiger charge is 2.54. The summed E-state index contributed by atoms with van der Waals surface area (Å²) in [4.78, 5) is 23.7. The van der Waals surface area contributed by atoms with E-state index in [9.17, 15) is 14.7 Å². The van der Waals surface area contributed by atoms with E-state index in [0.717, 1.165) is 12.0 Å². The predicted octanol–water partition coefficient (Wildman–Crippen LogP) is 2.99. The second-order valence-corrected chi connectivity index (χ2v) is 6.83. The van der Waals surface area contributed by atoms with Crippen LogP contribution in [0.2, 0.25) is 0 Å². The van der Waals surface area contributed by atoms with E-state index in [1.54, 1.807) is 20.8 Å². The number of benzene rings is 1. The highest BCUT2D eigenvalue weighted by molar-refractivity contribution is 5.86. The first-order valence-electron chi connectivity index (χ1n) is 7.51. The molecule has 0 unspecified atom stereocenters. The van der Waals surface area contributed by atoms with Crippen LogP contribution in [0.5, 0.6) is 0 Å². The average Bonchev–Trinajstić information content (AvgIpc) is 2.40. The molecular weight excluding hydrogens is 282 g/mol. The zero-order valence-electron chi connectivity index (χ0n) is 13.3. The number of amides is 1. The van der Waals surface area contributed by atoms with Gasteiger partial charge in [0, 0.05) is 0 Å². The highest BCUT2D eigenvalue weighted by Crippen LogP contribution is 2.41. The number of rotatable bonds is 4. The van der Waals surface area contributed by atoms with Gasteiger partial charge in [0.2, 0.25) is 0 Å². The minimum atomic E-state index is -1.22. The Morgan fingerprint density at radius 3 is 2.41 bits per heavy atom. The Bertz CT molecular complexity index is 550. The van der Waals surface area contributed by atoms with E-state index in [1.807, 2.05) is 30.3 Å². The lowest BCUT2D eigenvalue weighted by atomic mass is 9.64. The quantitative estimate of drug-likeness (QED) is 0.896. The van der Waals surface area contributed by atoms with Crippen molar-refractivity contribution in [2.75, 3.05) is 0 Å². The normalized spacial score (nSPS) is 24.2. The summed E-state index contributed by atoms with van der Waals surface area (Å²) in [5.41, 5.74) is -0.801. The van der Waals surface area contributed by atoms with E-state index in [-0.39, 0.29) is 5.92 Å². The number of carboxylic acids is 1. The summed E-state index contributed by atoms with van der Waals surface area (Å²) in [6.07, 6.45) is 1.16. The molecule has 120 valence electrons. The van der Waals surface area contributed by atoms with Crippen molar-refractivity contribution in [1.29, 1.82) is 0 Å². The lowest BCUT2D eigenvalue weighted by molar-refractivity contribution is -0.153. The maximum Gasteiger partial charge on any atom is 0.408 e. The van der Waals surface area contributed by atoms with Crippen LogP contribution >= 0.6 is 0 Å². The van der Waals surface area contributed by atoms with E-state index in [1.165, 1.54) is 0 Å². The molecule has 0 radical (unpaired) electrons. The molecule has 5 heteroatoms. The molecule has 0 spiro atoms. The van der Waals surface area contributed by atoms with Gasteiger partial charge in [0.05, 0.1) is 0 Å². The summed E-state index contributed by atoms with van der Waals surface area (Å²) in [5, 5.41) is 12.2. The highest BCUT2D eigenvalue weighted by atomic mass is 16.6. The molecule has 1 amide bonds. The van der Waals surface area contributed by atoms with Crippen LogP contribution in [0.15, 0.2) is 30.3 Å². The third kappa shape index (κ3) is 3.59. The number of ether oxygens (including phenoxy) is 1. The number of alkyl carbamates (subject to hydrolysis) is 1. The van der Waals surface area contributed by atoms with Gasteiger partial charge in [-0.05, 0) is 51.5 Å². The first-order valence-corrected chi connectivity index (χ1v) is 7.51. The van der Waals surface area contributed by atoms with Crippen molar-refractivity contribution in [3.8, 4) is 0 Å². The number of carbonyl (C=O) groups excluding carboxylic acids is 1. The summed E-state index contributed by atoms with van der Waals surface area (Å²) in [7, 11) is 0. The number of carboxylic acid groups (broad SMARTS) is 1. The second kappa shape index (κ2) is 5.99. The lowest BCUT2D eigenvalue weighted by Gasteiger charge is -2.46. The van der Waals surface area contributed by atoms with Crippen LogP contribution in [-0.2, 0) is 16.0 Å². The summed E-state index contributed by atoms with van der Waals surface area (Å²) in [5.74, 6) is -1.12. The van der Waals surface area contributed by atoms with Crippen molar-refractivity contribution in [1.82, 2.24) is 5.32 Å². The minimum Gasteiger partial charge on any atom is -0.479 e. The van der Waals surface area contributed by atoms with Crippen molar-refractivity contribution >= 4 is 12.1 Å². The maximum atomic E-state index is 12.0. The number of carbonyl (C=O) groups is 2. The Kier molecular flexibility index (Phi) is 4.44. The molecule has 2 rings (SSSR count). The van der Waals surface area contributed by atoms with Gasteiger partial charge in [0.15, 0.2) is 0 Å². The van der Waals surface area contributed by atoms with Crippen LogP contribution in [0.3, 0.4) is 0 Å². The van der Waals surface area contributed by atoms with Crippen molar-refractivity contribution in [3.63, 3.8) is 0 Å². The molecule has 2 N–H and O–H groups in total. The fourth-order valence-electron chi connectivity index (χ4n) is 2.80. The molecule has 5 nitrogen and oxygen atoms in total. The molecule has 0 bridgehead atoms. The van der Waals surface area contributed by atoms with Crippen LogP contribution < -0.4 is 5.32 Å². The topological polar surface area (TPSA) is 75.6 Å². The van der Waals surface area contributed by atoms with Crippen molar-refractivity contribution in [2.45, 2.75) is 51.2 Å². The molecule has 0 saturated heterocycles. The van der Waals surface area contributed by atoms with E-state index in [2.05, 4.69) is 5.32 Å². The van der Waals surface area contributed by atoms with Crippen LogP contribution in [0.4, 0.5) is 4.79 Å². The van der Waals surface area contributed by atoms with Gasteiger partial charge < -0.3 is 15.2 Å². The third-order valence-corrected chi connectivity index (χ3v) is 4.01. The van der Waals surface area contributed by atoms with Crippen LogP contribution in [0.25, 0.3) is 0 Å². The molecule has 22 heavy (non-hydrogen) atoms. The molecule has 0 aromatic heterocycles. The summed E-state index contributed by atoms with van der Waals surface area (Å²) in [6.45, 7) is 5.26. The molecule has 0 heterocycles. The van der Waals surface area contributed by atoms with Crippen LogP contribution in [0, 0.1) is 5.92 Å². The Hall–Kier alpha value is -2.04. The first kappa shape index (κ1) is 16.3. The van der Waals surface area contributed by atoms with E-state index >= 15 is 0 Å². The molecular formula is C17H23NO4. The summed E-state index contributed by atoms with van der Waals surface area (Å²) in [6, 6.07) is 9.72. The van der Waals surface area contributed by atoms with Crippen LogP contribution in [0.1, 0.15) is 39.2 Å². The van der Waals surface area contributed by atoms with Gasteiger partial charge >= 0.3 is 12.1 Å². The van der Waals surface area contributed by atoms with Gasteiger partial charge in [-0.1, -0.05) is 30.3 Å². The molecule has 1 fully saturated rings. The molecule has 1 aromatic carbocycles. The molecule has 1 aromatic rings. The van der Waals surface area contributed by atoms with Crippen LogP contribution in [-0.4, -0.2) is 28.3 Å². The van der Waals surface area contributed by atoms with Gasteiger partial charge in [0.1, 0.15) is 11.1 Å². The average molecular weight is 305 g/mol. The SMILES string of the molecule is CC(C)(C)OC(=O)N[C@@]1(C(=O)O)CC[C@H]1Cc1ccccc1. The molecule has 1 aliphatic rings. The van der Waals surface area contributed by atoms with Gasteiger partial charge in [-0.25, -0.2) is 9.59 Å². The van der Waals surface area contributed by atoms with Gasteiger partial charge in [-0.2, -0.15) is 0 Å². The van der Waals surface area contributed by atoms with E-state index < -0.39 is 23.2 Å². The summed E-state index contributed by atoms with van der Waals surface area (Å²) >= 11 is 0. The largest absolute Gasteiger partial charge is 0.479 e. The summed E-state index contributed by atoms with van der Waals surface area (Å²) < 4.78 is 5.20. The zero-order chi connectivity index (χ0) is 16.4. The van der Waals surface area contributed by atoms with Crippen molar-refractivity contribution in [3.05, 3.63) is 35.9 Å². The fourth-order valence-corrected chi connectivity index (χ4v) is 2.80. The molecule has 0 aliphatic heterocycles. The van der Waals surface area contributed by atoms with E-state index in [0.29, 0.717) is 12.8 Å². The number of aliphatic carboxylic acids is 1. The Balaban J connectivity index is 2.09. The smallest absolute Gasteiger partial charge is 0.408 e. The first-order chi connectivity index (χ1) is 10.2. The number of nitrogens with one attached hydrogen (secondary N) is 1. The standard InChI is InChI=1S/C17H23NO4/c1-16(2,3)22-15(21)18-17(14(19)20)10-9-13(17)11-12-7-5-4-6-8-12/h4-8,13H,9-11H2,1-3H3,(H,18,21)(H,19,20)/t13-,17-/m0/s1. The van der Waals surface area contributed by atoms with Gasteiger partial charge in [-0.15, -0.1) is 0 Å². The minimum absolute atomic E-state index is 0.125.